The van der Waals surface area contributed by atoms with Crippen molar-refractivity contribution in [2.75, 3.05) is 0 Å². The molecular formula is C20H17FN2O2S. The van der Waals surface area contributed by atoms with Crippen molar-refractivity contribution in [2.45, 2.75) is 29.4 Å². The minimum Gasteiger partial charge on any atom is -0.431 e. The van der Waals surface area contributed by atoms with Crippen LogP contribution in [-0.2, 0) is 4.79 Å². The van der Waals surface area contributed by atoms with E-state index in [1.165, 1.54) is 23.9 Å². The van der Waals surface area contributed by atoms with Crippen LogP contribution in [0.2, 0.25) is 0 Å². The number of benzene rings is 2. The van der Waals surface area contributed by atoms with Crippen LogP contribution in [0.25, 0.3) is 11.3 Å². The summed E-state index contributed by atoms with van der Waals surface area (Å²) in [6.07, 6.45) is 3.66. The first-order valence-electron chi connectivity index (χ1n) is 8.43. The van der Waals surface area contributed by atoms with E-state index >= 15 is 0 Å². The summed E-state index contributed by atoms with van der Waals surface area (Å²) >= 11 is 1.27. The number of hydrogen-bond donors (Lipinski definition) is 1. The van der Waals surface area contributed by atoms with Gasteiger partial charge in [0.2, 0.25) is 5.91 Å². The molecule has 2 aromatic carbocycles. The maximum atomic E-state index is 13.1. The molecule has 0 spiro atoms. The fourth-order valence-electron chi connectivity index (χ4n) is 2.57. The summed E-state index contributed by atoms with van der Waals surface area (Å²) in [5.74, 6) is 0.205. The van der Waals surface area contributed by atoms with Gasteiger partial charge in [-0.2, -0.15) is 0 Å². The topological polar surface area (TPSA) is 55.1 Å². The largest absolute Gasteiger partial charge is 0.431 e. The Morgan fingerprint density at radius 2 is 1.88 bits per heavy atom. The molecule has 26 heavy (non-hydrogen) atoms. The van der Waals surface area contributed by atoms with Gasteiger partial charge in [-0.05, 0) is 54.4 Å². The van der Waals surface area contributed by atoms with Crippen molar-refractivity contribution < 1.29 is 13.6 Å². The summed E-state index contributed by atoms with van der Waals surface area (Å²) < 4.78 is 18.9. The van der Waals surface area contributed by atoms with Gasteiger partial charge < -0.3 is 9.73 Å². The van der Waals surface area contributed by atoms with Gasteiger partial charge in [0.05, 0.1) is 6.20 Å². The summed E-state index contributed by atoms with van der Waals surface area (Å²) in [5, 5.41) is 3.02. The number of oxazole rings is 1. The van der Waals surface area contributed by atoms with Crippen LogP contribution in [0.15, 0.2) is 70.4 Å². The molecule has 1 saturated carbocycles. The third kappa shape index (κ3) is 3.96. The minimum atomic E-state index is -0.434. The third-order valence-corrected chi connectivity index (χ3v) is 5.21. The molecule has 0 radical (unpaired) electrons. The molecule has 0 saturated heterocycles. The Morgan fingerprint density at radius 1 is 1.15 bits per heavy atom. The van der Waals surface area contributed by atoms with Crippen molar-refractivity contribution in [2.24, 2.45) is 0 Å². The minimum absolute atomic E-state index is 0.0368. The van der Waals surface area contributed by atoms with Gasteiger partial charge in [0.1, 0.15) is 11.1 Å². The first kappa shape index (κ1) is 16.8. The fourth-order valence-corrected chi connectivity index (χ4v) is 3.49. The fraction of sp³-hybridized carbons (Fsp3) is 0.200. The monoisotopic (exact) mass is 368 g/mol. The van der Waals surface area contributed by atoms with Gasteiger partial charge in [-0.25, -0.2) is 9.37 Å². The molecule has 1 N–H and O–H groups in total. The number of aromatic nitrogens is 1. The van der Waals surface area contributed by atoms with E-state index in [9.17, 15) is 9.18 Å². The summed E-state index contributed by atoms with van der Waals surface area (Å²) in [6.45, 7) is 0. The molecule has 1 aliphatic carbocycles. The van der Waals surface area contributed by atoms with Crippen LogP contribution in [-0.4, -0.2) is 16.9 Å². The number of nitrogens with zero attached hydrogens (tertiary/aromatic N) is 1. The molecule has 1 aliphatic rings. The molecule has 1 fully saturated rings. The highest BCUT2D eigenvalue weighted by molar-refractivity contribution is 8.00. The van der Waals surface area contributed by atoms with E-state index in [0.29, 0.717) is 11.0 Å². The lowest BCUT2D eigenvalue weighted by Crippen LogP contribution is -2.29. The van der Waals surface area contributed by atoms with E-state index in [0.717, 1.165) is 24.0 Å². The molecule has 0 bridgehead atoms. The second-order valence-corrected chi connectivity index (χ2v) is 7.25. The molecule has 1 heterocycles. The molecule has 3 aromatic rings. The number of carbonyl (C=O) groups is 1. The number of hydrogen-bond acceptors (Lipinski definition) is 4. The van der Waals surface area contributed by atoms with Crippen LogP contribution in [0.3, 0.4) is 0 Å². The first-order chi connectivity index (χ1) is 12.7. The predicted octanol–water partition coefficient (Wildman–Crippen LogP) is 4.59. The second-order valence-electron chi connectivity index (χ2n) is 6.19. The molecule has 0 aliphatic heterocycles. The zero-order valence-electron chi connectivity index (χ0n) is 13.9. The SMILES string of the molecule is O=C(NC1CC1)[C@@H](Sc1ncc(-c2ccc(F)cc2)o1)c1ccccc1. The van der Waals surface area contributed by atoms with Crippen LogP contribution in [0, 0.1) is 5.82 Å². The van der Waals surface area contributed by atoms with Gasteiger partial charge >= 0.3 is 0 Å². The van der Waals surface area contributed by atoms with Gasteiger partial charge in [0.25, 0.3) is 5.22 Å². The van der Waals surface area contributed by atoms with E-state index in [4.69, 9.17) is 4.42 Å². The van der Waals surface area contributed by atoms with E-state index in [2.05, 4.69) is 10.3 Å². The number of halogens is 1. The highest BCUT2D eigenvalue weighted by Gasteiger charge is 2.30. The molecule has 6 heteroatoms. The van der Waals surface area contributed by atoms with E-state index in [1.807, 2.05) is 30.3 Å². The Hall–Kier alpha value is -2.60. The lowest BCUT2D eigenvalue weighted by molar-refractivity contribution is -0.120. The molecule has 1 aromatic heterocycles. The molecular weight excluding hydrogens is 351 g/mol. The van der Waals surface area contributed by atoms with Crippen molar-refractivity contribution in [3.05, 3.63) is 72.2 Å². The van der Waals surface area contributed by atoms with Crippen LogP contribution < -0.4 is 5.32 Å². The van der Waals surface area contributed by atoms with E-state index < -0.39 is 5.25 Å². The van der Waals surface area contributed by atoms with Crippen molar-refractivity contribution in [1.82, 2.24) is 10.3 Å². The highest BCUT2D eigenvalue weighted by atomic mass is 32.2. The molecule has 1 amide bonds. The molecule has 4 rings (SSSR count). The maximum Gasteiger partial charge on any atom is 0.257 e. The summed E-state index contributed by atoms with van der Waals surface area (Å²) in [4.78, 5) is 16.9. The van der Waals surface area contributed by atoms with E-state index in [-0.39, 0.29) is 17.8 Å². The Balaban J connectivity index is 1.55. The summed E-state index contributed by atoms with van der Waals surface area (Å²) in [6, 6.07) is 15.9. The highest BCUT2D eigenvalue weighted by Crippen LogP contribution is 2.37. The van der Waals surface area contributed by atoms with Crippen LogP contribution in [0.4, 0.5) is 4.39 Å². The standard InChI is InChI=1S/C20H17FN2O2S/c21-15-8-6-13(7-9-15)17-12-22-20(25-17)26-18(14-4-2-1-3-5-14)19(24)23-16-10-11-16/h1-9,12,16,18H,10-11H2,(H,23,24)/t18-/m0/s1. The Labute approximate surface area is 154 Å². The average molecular weight is 368 g/mol. The van der Waals surface area contributed by atoms with Crippen molar-refractivity contribution in [3.8, 4) is 11.3 Å². The zero-order chi connectivity index (χ0) is 17.9. The van der Waals surface area contributed by atoms with Gasteiger partial charge in [-0.3, -0.25) is 4.79 Å². The third-order valence-electron chi connectivity index (χ3n) is 4.10. The Morgan fingerprint density at radius 3 is 2.58 bits per heavy atom. The smallest absolute Gasteiger partial charge is 0.257 e. The van der Waals surface area contributed by atoms with Crippen molar-refractivity contribution in [1.29, 1.82) is 0 Å². The molecule has 4 nitrogen and oxygen atoms in total. The number of carbonyl (C=O) groups excluding carboxylic acids is 1. The quantitative estimate of drug-likeness (QED) is 0.647. The Bertz CT molecular complexity index is 892. The van der Waals surface area contributed by atoms with Gasteiger partial charge in [0, 0.05) is 11.6 Å². The predicted molar refractivity (Wildman–Crippen MR) is 98.1 cm³/mol. The molecule has 1 atom stereocenters. The first-order valence-corrected chi connectivity index (χ1v) is 9.31. The average Bonchev–Trinajstić information content (AvgIpc) is 3.35. The lowest BCUT2D eigenvalue weighted by Gasteiger charge is -2.15. The van der Waals surface area contributed by atoms with Gasteiger partial charge in [-0.1, -0.05) is 30.3 Å². The number of amides is 1. The zero-order valence-corrected chi connectivity index (χ0v) is 14.7. The number of thioether (sulfide) groups is 1. The van der Waals surface area contributed by atoms with E-state index in [1.54, 1.807) is 18.3 Å². The summed E-state index contributed by atoms with van der Waals surface area (Å²) in [7, 11) is 0. The van der Waals surface area contributed by atoms with Crippen LogP contribution in [0.5, 0.6) is 0 Å². The summed E-state index contributed by atoms with van der Waals surface area (Å²) in [5.41, 5.74) is 1.64. The van der Waals surface area contributed by atoms with Crippen molar-refractivity contribution >= 4 is 17.7 Å². The van der Waals surface area contributed by atoms with Gasteiger partial charge in [0.15, 0.2) is 5.76 Å². The normalized spacial score (nSPS) is 14.8. The van der Waals surface area contributed by atoms with Crippen LogP contribution in [0.1, 0.15) is 23.7 Å². The maximum absolute atomic E-state index is 13.1. The number of nitrogens with one attached hydrogen (secondary N) is 1. The van der Waals surface area contributed by atoms with Crippen LogP contribution >= 0.6 is 11.8 Å². The van der Waals surface area contributed by atoms with Crippen molar-refractivity contribution in [3.63, 3.8) is 0 Å². The molecule has 0 unspecified atom stereocenters. The lowest BCUT2D eigenvalue weighted by atomic mass is 10.1. The number of rotatable bonds is 6. The Kier molecular flexibility index (Phi) is 4.75. The second kappa shape index (κ2) is 7.33. The van der Waals surface area contributed by atoms with Gasteiger partial charge in [-0.15, -0.1) is 0 Å². The molecule has 132 valence electrons.